The van der Waals surface area contributed by atoms with Crippen LogP contribution in [0, 0.1) is 11.8 Å². The molecule has 4 N–H and O–H groups in total. The molecule has 1 fully saturated rings. The number of allylic oxidation sites excluding steroid dienone is 2. The molecule has 0 aromatic heterocycles. The minimum absolute atomic E-state index is 0.0997. The van der Waals surface area contributed by atoms with Gasteiger partial charge in [0.25, 0.3) is 5.91 Å². The van der Waals surface area contributed by atoms with Crippen LogP contribution in [0.15, 0.2) is 36.3 Å². The number of amides is 4. The van der Waals surface area contributed by atoms with Crippen LogP contribution >= 0.6 is 10.8 Å². The Morgan fingerprint density at radius 2 is 1.69 bits per heavy atom. The number of nitrogens with one attached hydrogen (secondary N) is 4. The number of hydrogen-bond acceptors (Lipinski definition) is 8. The Bertz CT molecular complexity index is 1070. The highest BCUT2D eigenvalue weighted by Gasteiger charge is 2.33. The van der Waals surface area contributed by atoms with Crippen LogP contribution in [-0.4, -0.2) is 67.8 Å². The first-order valence-corrected chi connectivity index (χ1v) is 17.2. The van der Waals surface area contributed by atoms with Crippen LogP contribution in [0.4, 0.5) is 0 Å². The van der Waals surface area contributed by atoms with Gasteiger partial charge in [0.1, 0.15) is 39.5 Å². The molecule has 4 amide bonds. The molecule has 14 heteroatoms. The second-order valence-corrected chi connectivity index (χ2v) is 16.0. The lowest BCUT2D eigenvalue weighted by Crippen LogP contribution is -2.57. The maximum atomic E-state index is 13.3. The summed E-state index contributed by atoms with van der Waals surface area (Å²) in [7, 11) is -2.91. The van der Waals surface area contributed by atoms with E-state index in [2.05, 4.69) is 27.8 Å². The Hall–Kier alpha value is -2.45. The maximum absolute atomic E-state index is 13.3. The molecule has 2 unspecified atom stereocenters. The highest BCUT2D eigenvalue weighted by atomic mass is 33.5. The van der Waals surface area contributed by atoms with E-state index in [4.69, 9.17) is 4.74 Å². The fourth-order valence-corrected chi connectivity index (χ4v) is 8.74. The molecule has 2 aliphatic rings. The van der Waals surface area contributed by atoms with E-state index < -0.39 is 72.3 Å². The van der Waals surface area contributed by atoms with Gasteiger partial charge in [0.2, 0.25) is 17.7 Å². The molecule has 0 aromatic carbocycles. The molecule has 39 heavy (non-hydrogen) atoms. The summed E-state index contributed by atoms with van der Waals surface area (Å²) in [6, 6.07) is -3.07. The molecule has 218 valence electrons. The van der Waals surface area contributed by atoms with E-state index in [0.717, 1.165) is 10.8 Å². The zero-order valence-electron chi connectivity index (χ0n) is 22.8. The molecule has 0 spiro atoms. The van der Waals surface area contributed by atoms with E-state index in [-0.39, 0.29) is 29.7 Å². The lowest BCUT2D eigenvalue weighted by molar-refractivity contribution is -0.133. The molecular formula is C25H38N4O7S3. The summed E-state index contributed by atoms with van der Waals surface area (Å²) in [5.41, 5.74) is -0.0997. The van der Waals surface area contributed by atoms with Gasteiger partial charge < -0.3 is 26.0 Å². The van der Waals surface area contributed by atoms with Crippen molar-refractivity contribution in [2.45, 2.75) is 71.7 Å². The number of rotatable bonds is 2. The quantitative estimate of drug-likeness (QED) is 0.208. The molecule has 2 heterocycles. The smallest absolute Gasteiger partial charge is 0.268 e. The van der Waals surface area contributed by atoms with Crippen molar-refractivity contribution in [2.24, 2.45) is 11.8 Å². The first-order chi connectivity index (χ1) is 18.3. The van der Waals surface area contributed by atoms with Gasteiger partial charge in [-0.2, -0.15) is 0 Å². The predicted molar refractivity (Wildman–Crippen MR) is 153 cm³/mol. The van der Waals surface area contributed by atoms with E-state index in [0.29, 0.717) is 12.2 Å². The number of hydrogen-bond donors (Lipinski definition) is 4. The van der Waals surface area contributed by atoms with Gasteiger partial charge in [-0.05, 0) is 42.1 Å². The normalized spacial score (nSPS) is 32.4. The van der Waals surface area contributed by atoms with E-state index in [1.165, 1.54) is 6.08 Å². The molecule has 2 bridgehead atoms. The topological polar surface area (TPSA) is 160 Å². The third kappa shape index (κ3) is 9.91. The largest absolute Gasteiger partial charge is 0.489 e. The van der Waals surface area contributed by atoms with Crippen LogP contribution in [0.1, 0.15) is 47.5 Å². The maximum Gasteiger partial charge on any atom is 0.268 e. The summed E-state index contributed by atoms with van der Waals surface area (Å²) in [6.07, 6.45) is 4.37. The molecule has 0 aliphatic carbocycles. The second-order valence-electron chi connectivity index (χ2n) is 9.78. The number of carbonyl (C=O) groups excluding carboxylic acids is 4. The molecule has 0 radical (unpaired) electrons. The van der Waals surface area contributed by atoms with Gasteiger partial charge >= 0.3 is 0 Å². The van der Waals surface area contributed by atoms with Gasteiger partial charge in [0, 0.05) is 5.75 Å². The van der Waals surface area contributed by atoms with Crippen LogP contribution in [0.2, 0.25) is 0 Å². The van der Waals surface area contributed by atoms with Gasteiger partial charge in [-0.3, -0.25) is 19.2 Å². The van der Waals surface area contributed by atoms with Crippen molar-refractivity contribution in [3.05, 3.63) is 36.3 Å². The summed E-state index contributed by atoms with van der Waals surface area (Å²) in [4.78, 5) is 52.7. The van der Waals surface area contributed by atoms with E-state index in [1.807, 2.05) is 13.8 Å². The van der Waals surface area contributed by atoms with Gasteiger partial charge in [-0.1, -0.05) is 46.4 Å². The molecular weight excluding hydrogens is 564 g/mol. The molecule has 2 aliphatic heterocycles. The van der Waals surface area contributed by atoms with E-state index in [1.54, 1.807) is 32.9 Å². The average molecular weight is 603 g/mol. The summed E-state index contributed by atoms with van der Waals surface area (Å²) >= 11 is 0. The lowest BCUT2D eigenvalue weighted by Gasteiger charge is -2.29. The third-order valence-electron chi connectivity index (χ3n) is 5.95. The zero-order valence-corrected chi connectivity index (χ0v) is 25.3. The first kappa shape index (κ1) is 32.8. The van der Waals surface area contributed by atoms with Crippen LogP contribution in [0.25, 0.3) is 0 Å². The number of fused-ring (bicyclic) bond motifs is 7. The molecule has 6 atom stereocenters. The van der Waals surface area contributed by atoms with Crippen molar-refractivity contribution in [1.82, 2.24) is 21.3 Å². The highest BCUT2D eigenvalue weighted by Crippen LogP contribution is 2.19. The minimum Gasteiger partial charge on any atom is -0.489 e. The number of carbonyl (C=O) groups is 4. The molecule has 0 saturated carbocycles. The summed E-state index contributed by atoms with van der Waals surface area (Å²) in [5, 5.41) is 10.5. The second kappa shape index (κ2) is 15.4. The van der Waals surface area contributed by atoms with Crippen LogP contribution in [-0.2, 0) is 42.6 Å². The van der Waals surface area contributed by atoms with Crippen molar-refractivity contribution in [2.75, 3.05) is 11.5 Å². The molecule has 2 rings (SSSR count). The van der Waals surface area contributed by atoms with E-state index >= 15 is 0 Å². The van der Waals surface area contributed by atoms with Crippen molar-refractivity contribution in [1.29, 1.82) is 0 Å². The van der Waals surface area contributed by atoms with Crippen molar-refractivity contribution < 1.29 is 32.3 Å². The lowest BCUT2D eigenvalue weighted by atomic mass is 10.0. The molecule has 0 aromatic rings. The zero-order chi connectivity index (χ0) is 29.3. The Labute approximate surface area is 237 Å². The van der Waals surface area contributed by atoms with Gasteiger partial charge in [-0.25, -0.2) is 8.42 Å². The van der Waals surface area contributed by atoms with Crippen LogP contribution in [0.5, 0.6) is 0 Å². The summed E-state index contributed by atoms with van der Waals surface area (Å²) in [5.74, 6) is -2.98. The SMILES string of the molecule is C=C1O[C@@H]2/C=C/CCSS(=O)S(=O)C[C@@H](NC(=O)[C@@H](C(C)C)NC(=O)C2)C(=O)N/C(=C\C)C(=O)N[C@H]1C(C)C. The van der Waals surface area contributed by atoms with Gasteiger partial charge in [0.15, 0.2) is 8.86 Å². The number of ether oxygens (including phenoxy) is 1. The van der Waals surface area contributed by atoms with Crippen molar-refractivity contribution in [3.8, 4) is 0 Å². The summed E-state index contributed by atoms with van der Waals surface area (Å²) < 4.78 is 31.5. The Kier molecular flexibility index (Phi) is 12.9. The fourth-order valence-electron chi connectivity index (χ4n) is 3.81. The average Bonchev–Trinajstić information content (AvgIpc) is 2.85. The fraction of sp³-hybridized carbons (Fsp3) is 0.600. The monoisotopic (exact) mass is 602 g/mol. The Balaban J connectivity index is 2.65. The summed E-state index contributed by atoms with van der Waals surface area (Å²) in [6.45, 7) is 12.7. The third-order valence-corrected chi connectivity index (χ3v) is 12.1. The molecule has 11 nitrogen and oxygen atoms in total. The van der Waals surface area contributed by atoms with Crippen molar-refractivity contribution in [3.63, 3.8) is 0 Å². The Morgan fingerprint density at radius 3 is 2.31 bits per heavy atom. The van der Waals surface area contributed by atoms with Gasteiger partial charge in [-0.15, -0.1) is 0 Å². The highest BCUT2D eigenvalue weighted by molar-refractivity contribution is 8.97. The van der Waals surface area contributed by atoms with Crippen molar-refractivity contribution >= 4 is 53.1 Å². The van der Waals surface area contributed by atoms with E-state index in [9.17, 15) is 27.6 Å². The van der Waals surface area contributed by atoms with Crippen LogP contribution in [0.3, 0.4) is 0 Å². The Morgan fingerprint density at radius 1 is 1.03 bits per heavy atom. The van der Waals surface area contributed by atoms with Gasteiger partial charge in [0.05, 0.1) is 18.2 Å². The minimum atomic E-state index is -2.01. The molecule has 1 saturated heterocycles. The standard InChI is InChI=1S/C25H38N4O7S3/c1-7-18-23(31)29-21(14(2)3)16(6)36-17-10-8-9-11-37-39(35)38(34)13-19(24(32)26-18)27-25(33)22(15(4)5)28-20(30)12-17/h7-8,10,14-15,17,19,21-22H,6,9,11-13H2,1-5H3,(H,26,32)(H,27,33)(H,28,30)(H,29,31)/b10-8+,18-7-/t17-,19-,21+,22-,38?,39?/m1/s1. The first-order valence-electron chi connectivity index (χ1n) is 12.7. The predicted octanol–water partition coefficient (Wildman–Crippen LogP) is 1.10. The van der Waals surface area contributed by atoms with Crippen LogP contribution < -0.4 is 21.3 Å².